The van der Waals surface area contributed by atoms with Crippen molar-refractivity contribution in [2.75, 3.05) is 20.8 Å². The van der Waals surface area contributed by atoms with Gasteiger partial charge in [-0.25, -0.2) is 4.98 Å². The standard InChI is InChI=1S/C23H27N3O3S/c1-23(2,3)13-24-22(27)20-15-9-8-14-11-17(28-4)18(29-5)12-16(14)26(15)21(25-20)19-7-6-10-30-19/h6-7,10-12H,8-9,13H2,1-5H3,(H,24,27). The number of ether oxygens (including phenoxy) is 2. The number of methoxy groups -OCH3 is 2. The maximum atomic E-state index is 13.1. The Morgan fingerprint density at radius 2 is 1.93 bits per heavy atom. The molecule has 3 aromatic rings. The summed E-state index contributed by atoms with van der Waals surface area (Å²) >= 11 is 1.61. The third kappa shape index (κ3) is 3.69. The van der Waals surface area contributed by atoms with Crippen LogP contribution < -0.4 is 14.8 Å². The van der Waals surface area contributed by atoms with Crippen LogP contribution in [0.2, 0.25) is 0 Å². The van der Waals surface area contributed by atoms with E-state index < -0.39 is 0 Å². The van der Waals surface area contributed by atoms with Crippen molar-refractivity contribution >= 4 is 17.2 Å². The molecule has 4 rings (SSSR count). The van der Waals surface area contributed by atoms with Gasteiger partial charge in [0.05, 0.1) is 30.5 Å². The van der Waals surface area contributed by atoms with Crippen molar-refractivity contribution in [3.8, 4) is 27.9 Å². The number of carbonyl (C=O) groups is 1. The van der Waals surface area contributed by atoms with E-state index >= 15 is 0 Å². The molecule has 0 saturated carbocycles. The molecule has 1 amide bonds. The Hall–Kier alpha value is -2.80. The molecule has 1 aliphatic heterocycles. The smallest absolute Gasteiger partial charge is 0.271 e. The van der Waals surface area contributed by atoms with Gasteiger partial charge in [0.1, 0.15) is 5.69 Å². The van der Waals surface area contributed by atoms with E-state index in [1.54, 1.807) is 25.6 Å². The Bertz CT molecular complexity index is 1080. The second-order valence-electron chi connectivity index (χ2n) is 8.62. The van der Waals surface area contributed by atoms with Gasteiger partial charge in [-0.2, -0.15) is 0 Å². The Kier molecular flexibility index (Phi) is 5.32. The molecule has 0 unspecified atom stereocenters. The zero-order valence-electron chi connectivity index (χ0n) is 18.0. The molecule has 0 spiro atoms. The van der Waals surface area contributed by atoms with Gasteiger partial charge in [-0.15, -0.1) is 11.3 Å². The molecule has 1 aliphatic rings. The van der Waals surface area contributed by atoms with E-state index in [2.05, 4.69) is 30.7 Å². The van der Waals surface area contributed by atoms with E-state index in [4.69, 9.17) is 14.5 Å². The van der Waals surface area contributed by atoms with Gasteiger partial charge in [0.25, 0.3) is 5.91 Å². The summed E-state index contributed by atoms with van der Waals surface area (Å²) in [5.74, 6) is 2.03. The summed E-state index contributed by atoms with van der Waals surface area (Å²) in [4.78, 5) is 18.9. The minimum absolute atomic E-state index is 0.00254. The lowest BCUT2D eigenvalue weighted by molar-refractivity contribution is 0.0933. The van der Waals surface area contributed by atoms with Crippen LogP contribution in [0, 0.1) is 5.41 Å². The first kappa shape index (κ1) is 20.5. The van der Waals surface area contributed by atoms with E-state index in [9.17, 15) is 4.79 Å². The summed E-state index contributed by atoms with van der Waals surface area (Å²) in [5, 5.41) is 5.08. The molecule has 0 fully saturated rings. The van der Waals surface area contributed by atoms with Crippen LogP contribution in [0.4, 0.5) is 0 Å². The van der Waals surface area contributed by atoms with Gasteiger partial charge in [-0.1, -0.05) is 26.8 Å². The van der Waals surface area contributed by atoms with Crippen molar-refractivity contribution < 1.29 is 14.3 Å². The molecule has 6 nitrogen and oxygen atoms in total. The molecule has 1 aromatic carbocycles. The zero-order valence-corrected chi connectivity index (χ0v) is 18.9. The molecular formula is C23H27N3O3S. The normalized spacial score (nSPS) is 12.8. The average molecular weight is 426 g/mol. The van der Waals surface area contributed by atoms with Gasteiger partial charge in [0, 0.05) is 12.6 Å². The van der Waals surface area contributed by atoms with E-state index in [-0.39, 0.29) is 11.3 Å². The number of fused-ring (bicyclic) bond motifs is 3. The van der Waals surface area contributed by atoms with Crippen LogP contribution in [0.5, 0.6) is 11.5 Å². The SMILES string of the molecule is COc1cc2c(cc1OC)-n1c(-c3cccs3)nc(C(=O)NCC(C)(C)C)c1CC2. The Balaban J connectivity index is 1.87. The average Bonchev–Trinajstić information content (AvgIpc) is 3.38. The number of rotatable bonds is 5. The maximum absolute atomic E-state index is 13.1. The lowest BCUT2D eigenvalue weighted by Crippen LogP contribution is -2.33. The molecule has 158 valence electrons. The fourth-order valence-electron chi connectivity index (χ4n) is 3.70. The number of hydrogen-bond donors (Lipinski definition) is 1. The number of carbonyl (C=O) groups excluding carboxylic acids is 1. The predicted molar refractivity (Wildman–Crippen MR) is 119 cm³/mol. The summed E-state index contributed by atoms with van der Waals surface area (Å²) in [6.45, 7) is 6.89. The first-order valence-electron chi connectivity index (χ1n) is 10.0. The number of hydrogen-bond acceptors (Lipinski definition) is 5. The third-order valence-corrected chi connectivity index (χ3v) is 6.03. The summed E-state index contributed by atoms with van der Waals surface area (Å²) in [6, 6.07) is 8.03. The molecule has 2 aromatic heterocycles. The molecule has 0 bridgehead atoms. The van der Waals surface area contributed by atoms with Gasteiger partial charge in [0.15, 0.2) is 17.3 Å². The number of aromatic nitrogens is 2. The summed E-state index contributed by atoms with van der Waals surface area (Å²) in [7, 11) is 3.28. The van der Waals surface area contributed by atoms with Crippen molar-refractivity contribution in [2.45, 2.75) is 33.6 Å². The minimum Gasteiger partial charge on any atom is -0.493 e. The van der Waals surface area contributed by atoms with Crippen LogP contribution in [0.3, 0.4) is 0 Å². The summed E-state index contributed by atoms with van der Waals surface area (Å²) in [6.07, 6.45) is 1.55. The van der Waals surface area contributed by atoms with Crippen LogP contribution >= 0.6 is 11.3 Å². The molecular weight excluding hydrogens is 398 g/mol. The predicted octanol–water partition coefficient (Wildman–Crippen LogP) is 4.49. The van der Waals surface area contributed by atoms with Crippen LogP contribution in [0.25, 0.3) is 16.4 Å². The van der Waals surface area contributed by atoms with Crippen LogP contribution in [0.15, 0.2) is 29.6 Å². The number of benzene rings is 1. The number of thiophene rings is 1. The third-order valence-electron chi connectivity index (χ3n) is 5.17. The zero-order chi connectivity index (χ0) is 21.5. The minimum atomic E-state index is -0.125. The fraction of sp³-hybridized carbons (Fsp3) is 0.391. The van der Waals surface area contributed by atoms with Crippen molar-refractivity contribution in [3.05, 3.63) is 46.6 Å². The topological polar surface area (TPSA) is 65.4 Å². The van der Waals surface area contributed by atoms with Gasteiger partial charge in [0.2, 0.25) is 0 Å². The molecule has 0 saturated heterocycles. The van der Waals surface area contributed by atoms with Gasteiger partial charge in [-0.3, -0.25) is 9.36 Å². The quantitative estimate of drug-likeness (QED) is 0.654. The molecule has 30 heavy (non-hydrogen) atoms. The highest BCUT2D eigenvalue weighted by Gasteiger charge is 2.30. The van der Waals surface area contributed by atoms with E-state index in [1.807, 2.05) is 29.6 Å². The summed E-state index contributed by atoms with van der Waals surface area (Å²) in [5.41, 5.74) is 3.58. The Labute approximate surface area is 180 Å². The Morgan fingerprint density at radius 1 is 1.20 bits per heavy atom. The van der Waals surface area contributed by atoms with Crippen LogP contribution in [0.1, 0.15) is 42.5 Å². The highest BCUT2D eigenvalue weighted by Crippen LogP contribution is 2.39. The molecule has 0 atom stereocenters. The lowest BCUT2D eigenvalue weighted by atomic mass is 9.96. The lowest BCUT2D eigenvalue weighted by Gasteiger charge is -2.23. The van der Waals surface area contributed by atoms with Gasteiger partial charge in [-0.05, 0) is 41.3 Å². The molecule has 1 N–H and O–H groups in total. The summed E-state index contributed by atoms with van der Waals surface area (Å²) < 4.78 is 13.1. The molecule has 0 aliphatic carbocycles. The van der Waals surface area contributed by atoms with E-state index in [0.29, 0.717) is 23.7 Å². The maximum Gasteiger partial charge on any atom is 0.271 e. The van der Waals surface area contributed by atoms with Crippen LogP contribution in [-0.2, 0) is 12.8 Å². The van der Waals surface area contributed by atoms with E-state index in [1.165, 1.54) is 0 Å². The first-order valence-corrected chi connectivity index (χ1v) is 10.9. The molecule has 3 heterocycles. The Morgan fingerprint density at radius 3 is 2.57 bits per heavy atom. The fourth-order valence-corrected chi connectivity index (χ4v) is 4.40. The number of amides is 1. The molecule has 0 radical (unpaired) electrons. The van der Waals surface area contributed by atoms with Crippen molar-refractivity contribution in [3.63, 3.8) is 0 Å². The number of nitrogens with zero attached hydrogens (tertiary/aromatic N) is 2. The van der Waals surface area contributed by atoms with Crippen LogP contribution in [-0.4, -0.2) is 36.2 Å². The largest absolute Gasteiger partial charge is 0.493 e. The number of nitrogens with one attached hydrogen (secondary N) is 1. The highest BCUT2D eigenvalue weighted by molar-refractivity contribution is 7.13. The van der Waals surface area contributed by atoms with Crippen molar-refractivity contribution in [1.29, 1.82) is 0 Å². The second-order valence-corrected chi connectivity index (χ2v) is 9.57. The van der Waals surface area contributed by atoms with Gasteiger partial charge >= 0.3 is 0 Å². The first-order chi connectivity index (χ1) is 14.3. The number of imidazole rings is 1. The highest BCUT2D eigenvalue weighted by atomic mass is 32.1. The van der Waals surface area contributed by atoms with Gasteiger partial charge < -0.3 is 14.8 Å². The monoisotopic (exact) mass is 425 g/mol. The molecule has 7 heteroatoms. The second kappa shape index (κ2) is 7.80. The number of aryl methyl sites for hydroxylation is 1. The van der Waals surface area contributed by atoms with Crippen molar-refractivity contribution in [2.24, 2.45) is 5.41 Å². The van der Waals surface area contributed by atoms with Crippen molar-refractivity contribution in [1.82, 2.24) is 14.9 Å². The van der Waals surface area contributed by atoms with E-state index in [0.717, 1.165) is 40.5 Å².